The van der Waals surface area contributed by atoms with Gasteiger partial charge in [-0.15, -0.1) is 5.10 Å². The fraction of sp³-hybridized carbons (Fsp3) is 0.667. The molecule has 0 aliphatic heterocycles. The Morgan fingerprint density at radius 1 is 1.38 bits per heavy atom. The fourth-order valence-electron chi connectivity index (χ4n) is 2.69. The molecule has 0 spiro atoms. The number of hydrogen-bond donors (Lipinski definition) is 0. The normalized spacial score (nSPS) is 17.6. The number of aryl methyl sites for hydroxylation is 1. The maximum absolute atomic E-state index is 12.8. The number of aromatic nitrogens is 2. The molecule has 0 aromatic carbocycles. The summed E-state index contributed by atoms with van der Waals surface area (Å²) in [5.74, 6) is -0.665. The van der Waals surface area contributed by atoms with Gasteiger partial charge in [-0.1, -0.05) is 0 Å². The average molecular weight is 348 g/mol. The van der Waals surface area contributed by atoms with Gasteiger partial charge in [-0.2, -0.15) is 13.2 Å². The van der Waals surface area contributed by atoms with Crippen molar-refractivity contribution in [1.82, 2.24) is 9.78 Å². The number of ether oxygens (including phenoxy) is 2. The van der Waals surface area contributed by atoms with Gasteiger partial charge in [-0.25, -0.2) is 0 Å². The van der Waals surface area contributed by atoms with E-state index >= 15 is 0 Å². The molecular formula is C15H19F3N2O4. The first-order valence-electron chi connectivity index (χ1n) is 7.61. The summed E-state index contributed by atoms with van der Waals surface area (Å²) in [6, 6.07) is 0.785. The monoisotopic (exact) mass is 348 g/mol. The summed E-state index contributed by atoms with van der Waals surface area (Å²) in [4.78, 5) is 23.7. The number of carbonyl (C=O) groups excluding carboxylic acids is 2. The van der Waals surface area contributed by atoms with Crippen LogP contribution in [0.4, 0.5) is 13.2 Å². The van der Waals surface area contributed by atoms with Crippen molar-refractivity contribution in [2.75, 3.05) is 13.2 Å². The van der Waals surface area contributed by atoms with E-state index in [0.29, 0.717) is 4.68 Å². The molecule has 0 bridgehead atoms. The number of halogens is 3. The second-order valence-electron chi connectivity index (χ2n) is 5.82. The van der Waals surface area contributed by atoms with Crippen molar-refractivity contribution >= 4 is 11.8 Å². The highest BCUT2D eigenvalue weighted by Gasteiger charge is 2.44. The van der Waals surface area contributed by atoms with Crippen molar-refractivity contribution in [3.05, 3.63) is 11.8 Å². The van der Waals surface area contributed by atoms with Gasteiger partial charge < -0.3 is 9.47 Å². The van der Waals surface area contributed by atoms with Crippen molar-refractivity contribution in [2.45, 2.75) is 38.8 Å². The second kappa shape index (κ2) is 6.82. The van der Waals surface area contributed by atoms with Crippen LogP contribution in [0.3, 0.4) is 0 Å². The predicted octanol–water partition coefficient (Wildman–Crippen LogP) is 2.51. The second-order valence-corrected chi connectivity index (χ2v) is 5.82. The van der Waals surface area contributed by atoms with E-state index in [4.69, 9.17) is 9.47 Å². The van der Waals surface area contributed by atoms with Crippen molar-refractivity contribution in [1.29, 1.82) is 0 Å². The van der Waals surface area contributed by atoms with Crippen molar-refractivity contribution < 1.29 is 32.2 Å². The van der Waals surface area contributed by atoms with Crippen LogP contribution in [0.25, 0.3) is 0 Å². The molecule has 24 heavy (non-hydrogen) atoms. The van der Waals surface area contributed by atoms with Gasteiger partial charge >= 0.3 is 12.1 Å². The Bertz CT molecular complexity index is 615. The van der Waals surface area contributed by atoms with Crippen LogP contribution in [0.2, 0.25) is 0 Å². The molecule has 0 amide bonds. The van der Waals surface area contributed by atoms with E-state index in [1.807, 2.05) is 0 Å². The highest BCUT2D eigenvalue weighted by molar-refractivity contribution is 5.84. The summed E-state index contributed by atoms with van der Waals surface area (Å²) >= 11 is 0. The number of ketones is 1. The van der Waals surface area contributed by atoms with Gasteiger partial charge in [-0.3, -0.25) is 14.3 Å². The molecule has 1 heterocycles. The standard InChI is InChI=1S/C15H19F3N2O4/c1-3-23-13(22)14(6-4-10(21)5-7-14)9-24-12-8-11(15(16,17)18)20(2)19-12/h8H,3-7,9H2,1-2H3. The molecule has 134 valence electrons. The molecule has 9 heteroatoms. The lowest BCUT2D eigenvalue weighted by atomic mass is 9.74. The average Bonchev–Trinajstić information content (AvgIpc) is 2.88. The third kappa shape index (κ3) is 3.88. The first kappa shape index (κ1) is 18.3. The first-order chi connectivity index (χ1) is 11.2. The Morgan fingerprint density at radius 2 is 2.00 bits per heavy atom. The lowest BCUT2D eigenvalue weighted by molar-refractivity contribution is -0.160. The maximum Gasteiger partial charge on any atom is 0.433 e. The van der Waals surface area contributed by atoms with Gasteiger partial charge in [0.2, 0.25) is 5.88 Å². The molecule has 1 fully saturated rings. The first-order valence-corrected chi connectivity index (χ1v) is 7.61. The number of alkyl halides is 3. The van der Waals surface area contributed by atoms with E-state index in [0.717, 1.165) is 13.1 Å². The maximum atomic E-state index is 12.8. The van der Waals surface area contributed by atoms with Gasteiger partial charge in [-0.05, 0) is 19.8 Å². The Balaban J connectivity index is 2.14. The smallest absolute Gasteiger partial charge is 0.433 e. The molecule has 2 rings (SSSR count). The molecule has 0 atom stereocenters. The zero-order valence-electron chi connectivity index (χ0n) is 13.5. The predicted molar refractivity (Wildman–Crippen MR) is 76.2 cm³/mol. The van der Waals surface area contributed by atoms with Crippen LogP contribution in [0.15, 0.2) is 6.07 Å². The minimum Gasteiger partial charge on any atom is -0.475 e. The van der Waals surface area contributed by atoms with E-state index in [2.05, 4.69) is 5.10 Å². The summed E-state index contributed by atoms with van der Waals surface area (Å²) in [6.45, 7) is 1.67. The Morgan fingerprint density at radius 3 is 2.50 bits per heavy atom. The molecular weight excluding hydrogens is 329 g/mol. The summed E-state index contributed by atoms with van der Waals surface area (Å²) in [7, 11) is 1.16. The number of hydrogen-bond acceptors (Lipinski definition) is 5. The van der Waals surface area contributed by atoms with Gasteiger partial charge in [0.15, 0.2) is 0 Å². The molecule has 1 aromatic rings. The lowest BCUT2D eigenvalue weighted by Gasteiger charge is -2.33. The minimum absolute atomic E-state index is 0.0483. The number of rotatable bonds is 5. The molecule has 1 aromatic heterocycles. The van der Waals surface area contributed by atoms with E-state index in [9.17, 15) is 22.8 Å². The molecule has 0 N–H and O–H groups in total. The fourth-order valence-corrected chi connectivity index (χ4v) is 2.69. The molecule has 0 unspecified atom stereocenters. The van der Waals surface area contributed by atoms with E-state index < -0.39 is 23.3 Å². The van der Waals surface area contributed by atoms with Crippen molar-refractivity contribution in [2.24, 2.45) is 12.5 Å². The molecule has 1 aliphatic carbocycles. The van der Waals surface area contributed by atoms with Crippen LogP contribution in [0, 0.1) is 5.41 Å². The van der Waals surface area contributed by atoms with Crippen LogP contribution in [0.5, 0.6) is 5.88 Å². The number of Topliss-reactive ketones (excluding diaryl/α,β-unsaturated/α-hetero) is 1. The van der Waals surface area contributed by atoms with Gasteiger partial charge in [0.05, 0.1) is 6.61 Å². The number of nitrogens with zero attached hydrogens (tertiary/aromatic N) is 2. The topological polar surface area (TPSA) is 70.4 Å². The summed E-state index contributed by atoms with van der Waals surface area (Å²) in [6.07, 6.45) is -3.59. The Kier molecular flexibility index (Phi) is 5.19. The third-order valence-electron chi connectivity index (χ3n) is 4.12. The summed E-state index contributed by atoms with van der Waals surface area (Å²) in [5, 5.41) is 3.67. The quantitative estimate of drug-likeness (QED) is 0.765. The molecule has 1 aliphatic rings. The van der Waals surface area contributed by atoms with Crippen LogP contribution >= 0.6 is 0 Å². The van der Waals surface area contributed by atoms with Crippen molar-refractivity contribution in [3.8, 4) is 5.88 Å². The highest BCUT2D eigenvalue weighted by atomic mass is 19.4. The Hall–Kier alpha value is -2.06. The number of carbonyl (C=O) groups is 2. The van der Waals surface area contributed by atoms with E-state index in [1.54, 1.807) is 6.92 Å². The summed E-state index contributed by atoms with van der Waals surface area (Å²) < 4.78 is 49.4. The number of esters is 1. The lowest BCUT2D eigenvalue weighted by Crippen LogP contribution is -2.42. The molecule has 6 nitrogen and oxygen atoms in total. The Labute approximate surface area is 136 Å². The van der Waals surface area contributed by atoms with Crippen LogP contribution in [0.1, 0.15) is 38.3 Å². The zero-order chi connectivity index (χ0) is 18.0. The van der Waals surface area contributed by atoms with Crippen LogP contribution in [-0.2, 0) is 27.5 Å². The highest BCUT2D eigenvalue weighted by Crippen LogP contribution is 2.37. The van der Waals surface area contributed by atoms with Crippen molar-refractivity contribution in [3.63, 3.8) is 0 Å². The van der Waals surface area contributed by atoms with Crippen LogP contribution in [-0.4, -0.2) is 34.7 Å². The van der Waals surface area contributed by atoms with Gasteiger partial charge in [0, 0.05) is 26.0 Å². The molecule has 0 saturated heterocycles. The van der Waals surface area contributed by atoms with Crippen LogP contribution < -0.4 is 4.74 Å². The van der Waals surface area contributed by atoms with Gasteiger partial charge in [0.25, 0.3) is 0 Å². The van der Waals surface area contributed by atoms with Gasteiger partial charge in [0.1, 0.15) is 23.5 Å². The molecule has 1 saturated carbocycles. The van der Waals surface area contributed by atoms with E-state index in [1.165, 1.54) is 0 Å². The van der Waals surface area contributed by atoms with E-state index in [-0.39, 0.29) is 50.6 Å². The largest absolute Gasteiger partial charge is 0.475 e. The minimum atomic E-state index is -4.54. The molecule has 0 radical (unpaired) electrons. The zero-order valence-corrected chi connectivity index (χ0v) is 13.5. The SMILES string of the molecule is CCOC(=O)C1(COc2cc(C(F)(F)F)n(C)n2)CCC(=O)CC1. The third-order valence-corrected chi connectivity index (χ3v) is 4.12. The summed E-state index contributed by atoms with van der Waals surface area (Å²) in [5.41, 5.74) is -1.97.